The molecule has 2 aromatic carbocycles. The van der Waals surface area contributed by atoms with Gasteiger partial charge >= 0.3 is 5.97 Å². The van der Waals surface area contributed by atoms with E-state index in [1.807, 2.05) is 17.0 Å². The lowest BCUT2D eigenvalue weighted by atomic mass is 9.97. The van der Waals surface area contributed by atoms with Crippen LogP contribution in [0.15, 0.2) is 47.6 Å². The standard InChI is InChI=1S/C28H31FN4O4/c1-37-28(35)21-4-2-20(3-5-21)18-33-24-7-6-22(29)16-23(24)26-25(33)10-13-32(27(26)34)15-14-31-11-8-19(9-12-31)17-30-36/h2-7,16,19H,8-15,17-18H2,1H3. The number of amides is 1. The number of rotatable bonds is 8. The van der Waals surface area contributed by atoms with Crippen molar-refractivity contribution in [1.29, 1.82) is 0 Å². The van der Waals surface area contributed by atoms with Crippen LogP contribution in [0.4, 0.5) is 4.39 Å². The van der Waals surface area contributed by atoms with Crippen molar-refractivity contribution >= 4 is 22.8 Å². The number of ether oxygens (including phenoxy) is 1. The molecule has 3 aromatic rings. The van der Waals surface area contributed by atoms with Crippen LogP contribution < -0.4 is 0 Å². The van der Waals surface area contributed by atoms with E-state index in [1.165, 1.54) is 19.2 Å². The summed E-state index contributed by atoms with van der Waals surface area (Å²) >= 11 is 0. The summed E-state index contributed by atoms with van der Waals surface area (Å²) in [7, 11) is 1.35. The molecular weight excluding hydrogens is 475 g/mol. The molecule has 1 amide bonds. The van der Waals surface area contributed by atoms with Crippen molar-refractivity contribution in [2.45, 2.75) is 25.8 Å². The second-order valence-electron chi connectivity index (χ2n) is 9.90. The smallest absolute Gasteiger partial charge is 0.337 e. The first kappa shape index (κ1) is 25.1. The average molecular weight is 507 g/mol. The van der Waals surface area contributed by atoms with Crippen molar-refractivity contribution in [3.05, 3.63) is 75.6 Å². The molecular formula is C28H31FN4O4. The number of fused-ring (bicyclic) bond motifs is 3. The van der Waals surface area contributed by atoms with Crippen molar-refractivity contribution in [1.82, 2.24) is 14.4 Å². The highest BCUT2D eigenvalue weighted by Gasteiger charge is 2.31. The SMILES string of the molecule is COC(=O)c1ccc(Cn2c3c(c4cc(F)ccc42)C(=O)N(CCN2CCC(CN=O)CC2)CC3)cc1. The Hall–Kier alpha value is -3.59. The molecule has 3 heterocycles. The molecule has 1 saturated heterocycles. The van der Waals surface area contributed by atoms with E-state index in [2.05, 4.69) is 14.6 Å². The van der Waals surface area contributed by atoms with E-state index < -0.39 is 0 Å². The average Bonchev–Trinajstić information content (AvgIpc) is 3.22. The molecule has 0 N–H and O–H groups in total. The Morgan fingerprint density at radius 3 is 2.54 bits per heavy atom. The summed E-state index contributed by atoms with van der Waals surface area (Å²) in [6.45, 7) is 4.72. The maximum atomic E-state index is 14.3. The van der Waals surface area contributed by atoms with Gasteiger partial charge < -0.3 is 19.1 Å². The van der Waals surface area contributed by atoms with Gasteiger partial charge in [0.2, 0.25) is 0 Å². The number of likely N-dealkylation sites (tertiary alicyclic amines) is 1. The van der Waals surface area contributed by atoms with Gasteiger partial charge in [0.25, 0.3) is 5.91 Å². The maximum Gasteiger partial charge on any atom is 0.337 e. The van der Waals surface area contributed by atoms with Crippen molar-refractivity contribution in [2.24, 2.45) is 11.1 Å². The number of nitroso groups, excluding NO2 is 1. The third kappa shape index (κ3) is 5.13. The zero-order chi connectivity index (χ0) is 25.9. The Bertz CT molecular complexity index is 1310. The molecule has 1 fully saturated rings. The van der Waals surface area contributed by atoms with Crippen LogP contribution >= 0.6 is 0 Å². The van der Waals surface area contributed by atoms with Crippen molar-refractivity contribution in [3.8, 4) is 0 Å². The highest BCUT2D eigenvalue weighted by atomic mass is 19.1. The number of carbonyl (C=O) groups excluding carboxylic acids is 2. The fourth-order valence-corrected chi connectivity index (χ4v) is 5.58. The molecule has 8 nitrogen and oxygen atoms in total. The summed E-state index contributed by atoms with van der Waals surface area (Å²) in [5.74, 6) is -0.450. The van der Waals surface area contributed by atoms with Gasteiger partial charge in [-0.15, -0.1) is 0 Å². The zero-order valence-corrected chi connectivity index (χ0v) is 21.0. The predicted octanol–water partition coefficient (Wildman–Crippen LogP) is 4.09. The summed E-state index contributed by atoms with van der Waals surface area (Å²) in [5.41, 5.74) is 3.77. The topological polar surface area (TPSA) is 84.2 Å². The Balaban J connectivity index is 1.35. The number of halogens is 1. The lowest BCUT2D eigenvalue weighted by Crippen LogP contribution is -2.44. The van der Waals surface area contributed by atoms with Gasteiger partial charge in [-0.05, 0) is 67.7 Å². The monoisotopic (exact) mass is 506 g/mol. The molecule has 0 atom stereocenters. The number of piperidine rings is 1. The number of nitrogens with zero attached hydrogens (tertiary/aromatic N) is 4. The molecule has 2 aliphatic rings. The van der Waals surface area contributed by atoms with Gasteiger partial charge in [0.15, 0.2) is 0 Å². The summed E-state index contributed by atoms with van der Waals surface area (Å²) in [5, 5.41) is 3.68. The van der Waals surface area contributed by atoms with E-state index in [1.54, 1.807) is 18.2 Å². The summed E-state index contributed by atoms with van der Waals surface area (Å²) in [6, 6.07) is 11.8. The summed E-state index contributed by atoms with van der Waals surface area (Å²) < 4.78 is 21.2. The first-order chi connectivity index (χ1) is 18.0. The zero-order valence-electron chi connectivity index (χ0n) is 21.0. The van der Waals surface area contributed by atoms with Gasteiger partial charge in [0.05, 0.1) is 24.8 Å². The number of hydrogen-bond acceptors (Lipinski definition) is 6. The van der Waals surface area contributed by atoms with Crippen molar-refractivity contribution < 1.29 is 18.7 Å². The Morgan fingerprint density at radius 2 is 1.84 bits per heavy atom. The molecule has 0 spiro atoms. The second-order valence-corrected chi connectivity index (χ2v) is 9.90. The van der Waals surface area contributed by atoms with Crippen LogP contribution in [0, 0.1) is 16.6 Å². The second kappa shape index (κ2) is 10.8. The molecule has 0 unspecified atom stereocenters. The van der Waals surface area contributed by atoms with Crippen LogP contribution in [0.2, 0.25) is 0 Å². The van der Waals surface area contributed by atoms with Crippen LogP contribution in [0.25, 0.3) is 10.9 Å². The molecule has 0 bridgehead atoms. The Morgan fingerprint density at radius 1 is 1.08 bits per heavy atom. The minimum Gasteiger partial charge on any atom is -0.465 e. The summed E-state index contributed by atoms with van der Waals surface area (Å²) in [6.07, 6.45) is 2.60. The van der Waals surface area contributed by atoms with Gasteiger partial charge in [-0.2, -0.15) is 4.91 Å². The molecule has 194 valence electrons. The number of hydrogen-bond donors (Lipinski definition) is 0. The van der Waals surface area contributed by atoms with Crippen LogP contribution in [-0.2, 0) is 17.7 Å². The van der Waals surface area contributed by atoms with E-state index >= 15 is 0 Å². The lowest BCUT2D eigenvalue weighted by molar-refractivity contribution is 0.0600. The highest BCUT2D eigenvalue weighted by Crippen LogP contribution is 2.32. The van der Waals surface area contributed by atoms with E-state index in [0.29, 0.717) is 55.0 Å². The molecule has 0 aliphatic carbocycles. The molecule has 9 heteroatoms. The van der Waals surface area contributed by atoms with Gasteiger partial charge in [0.1, 0.15) is 5.82 Å². The number of aromatic nitrogens is 1. The number of esters is 1. The molecule has 0 saturated carbocycles. The van der Waals surface area contributed by atoms with Gasteiger partial charge in [-0.3, -0.25) is 4.79 Å². The minimum absolute atomic E-state index is 0.0586. The molecule has 5 rings (SSSR count). The quantitative estimate of drug-likeness (QED) is 0.339. The first-order valence-corrected chi connectivity index (χ1v) is 12.8. The van der Waals surface area contributed by atoms with E-state index in [4.69, 9.17) is 4.74 Å². The van der Waals surface area contributed by atoms with Gasteiger partial charge in [0, 0.05) is 49.2 Å². The highest BCUT2D eigenvalue weighted by molar-refractivity contribution is 6.09. The van der Waals surface area contributed by atoms with E-state index in [0.717, 1.165) is 49.2 Å². The van der Waals surface area contributed by atoms with Crippen LogP contribution in [0.5, 0.6) is 0 Å². The maximum absolute atomic E-state index is 14.3. The third-order valence-corrected chi connectivity index (χ3v) is 7.69. The Labute approximate surface area is 215 Å². The molecule has 2 aliphatic heterocycles. The summed E-state index contributed by atoms with van der Waals surface area (Å²) in [4.78, 5) is 40.2. The molecule has 1 aromatic heterocycles. The van der Waals surface area contributed by atoms with Crippen molar-refractivity contribution in [3.63, 3.8) is 0 Å². The fourth-order valence-electron chi connectivity index (χ4n) is 5.58. The van der Waals surface area contributed by atoms with Crippen molar-refractivity contribution in [2.75, 3.05) is 46.4 Å². The largest absolute Gasteiger partial charge is 0.465 e. The van der Waals surface area contributed by atoms with Gasteiger partial charge in [-0.25, -0.2) is 9.18 Å². The van der Waals surface area contributed by atoms with E-state index in [-0.39, 0.29) is 17.7 Å². The van der Waals surface area contributed by atoms with Crippen LogP contribution in [0.3, 0.4) is 0 Å². The fraction of sp³-hybridized carbons (Fsp3) is 0.429. The lowest BCUT2D eigenvalue weighted by Gasteiger charge is -2.34. The number of benzene rings is 2. The van der Waals surface area contributed by atoms with Crippen LogP contribution in [0.1, 0.15) is 44.8 Å². The first-order valence-electron chi connectivity index (χ1n) is 12.8. The molecule has 37 heavy (non-hydrogen) atoms. The number of methoxy groups -OCH3 is 1. The normalized spacial score (nSPS) is 16.7. The predicted molar refractivity (Wildman–Crippen MR) is 138 cm³/mol. The molecule has 0 radical (unpaired) electrons. The Kier molecular flexibility index (Phi) is 7.32. The van der Waals surface area contributed by atoms with E-state index in [9.17, 15) is 18.9 Å². The third-order valence-electron chi connectivity index (χ3n) is 7.69. The number of carbonyl (C=O) groups is 2. The minimum atomic E-state index is -0.390. The van der Waals surface area contributed by atoms with Gasteiger partial charge in [-0.1, -0.05) is 17.3 Å². The van der Waals surface area contributed by atoms with Crippen LogP contribution in [-0.4, -0.2) is 72.6 Å².